The van der Waals surface area contributed by atoms with Crippen LogP contribution < -0.4 is 5.73 Å². The summed E-state index contributed by atoms with van der Waals surface area (Å²) >= 11 is 0. The Labute approximate surface area is 103 Å². The van der Waals surface area contributed by atoms with E-state index in [1.54, 1.807) is 0 Å². The lowest BCUT2D eigenvalue weighted by molar-refractivity contribution is 0.0722. The van der Waals surface area contributed by atoms with E-state index >= 15 is 0 Å². The summed E-state index contributed by atoms with van der Waals surface area (Å²) in [5, 5.41) is 0. The van der Waals surface area contributed by atoms with E-state index in [9.17, 15) is 0 Å². The number of rotatable bonds is 9. The quantitative estimate of drug-likeness (QED) is 0.613. The molecule has 0 amide bonds. The van der Waals surface area contributed by atoms with Crippen molar-refractivity contribution in [3.05, 3.63) is 0 Å². The third-order valence-corrected chi connectivity index (χ3v) is 3.67. The van der Waals surface area contributed by atoms with Crippen molar-refractivity contribution in [2.75, 3.05) is 13.1 Å². The first-order valence-electron chi connectivity index (χ1n) is 6.98. The van der Waals surface area contributed by atoms with Gasteiger partial charge in [0, 0.05) is 18.1 Å². The van der Waals surface area contributed by atoms with Crippen LogP contribution in [0.4, 0.5) is 0 Å². The molecule has 0 bridgehead atoms. The van der Waals surface area contributed by atoms with Crippen molar-refractivity contribution >= 4 is 0 Å². The Hall–Kier alpha value is -0.0800. The van der Waals surface area contributed by atoms with Gasteiger partial charge in [-0.2, -0.15) is 0 Å². The summed E-state index contributed by atoms with van der Waals surface area (Å²) in [6, 6.07) is 0.588. The normalized spacial score (nSPS) is 15.8. The van der Waals surface area contributed by atoms with Crippen molar-refractivity contribution in [2.45, 2.75) is 78.3 Å². The monoisotopic (exact) mass is 228 g/mol. The zero-order chi connectivity index (χ0) is 12.6. The van der Waals surface area contributed by atoms with E-state index in [1.165, 1.54) is 32.1 Å². The molecule has 0 saturated heterocycles. The highest BCUT2D eigenvalue weighted by atomic mass is 15.2. The Kier molecular flexibility index (Phi) is 8.04. The van der Waals surface area contributed by atoms with Gasteiger partial charge in [0.15, 0.2) is 0 Å². The van der Waals surface area contributed by atoms with Crippen molar-refractivity contribution in [3.8, 4) is 0 Å². The van der Waals surface area contributed by atoms with Crippen molar-refractivity contribution < 1.29 is 0 Å². The number of hydrogen-bond donors (Lipinski definition) is 1. The van der Waals surface area contributed by atoms with Gasteiger partial charge in [-0.25, -0.2) is 0 Å². The summed E-state index contributed by atoms with van der Waals surface area (Å²) in [7, 11) is 0. The fourth-order valence-corrected chi connectivity index (χ4v) is 2.67. The van der Waals surface area contributed by atoms with E-state index in [0.717, 1.165) is 13.1 Å². The summed E-state index contributed by atoms with van der Waals surface area (Å²) in [4.78, 5) is 2.54. The molecule has 2 nitrogen and oxygen atoms in total. The van der Waals surface area contributed by atoms with Gasteiger partial charge in [0.2, 0.25) is 0 Å². The maximum absolute atomic E-state index is 5.99. The Balaban J connectivity index is 4.26. The molecule has 0 heterocycles. The van der Waals surface area contributed by atoms with Crippen LogP contribution in [0, 0.1) is 0 Å². The first-order valence-corrected chi connectivity index (χ1v) is 6.98. The third kappa shape index (κ3) is 4.84. The predicted octanol–water partition coefficient (Wildman–Crippen LogP) is 3.40. The van der Waals surface area contributed by atoms with E-state index in [-0.39, 0.29) is 5.54 Å². The zero-order valence-electron chi connectivity index (χ0n) is 12.1. The van der Waals surface area contributed by atoms with E-state index < -0.39 is 0 Å². The Morgan fingerprint density at radius 1 is 1.12 bits per heavy atom. The maximum atomic E-state index is 5.99. The highest BCUT2D eigenvalue weighted by Crippen LogP contribution is 2.23. The summed E-state index contributed by atoms with van der Waals surface area (Å²) < 4.78 is 0. The molecule has 2 heteroatoms. The third-order valence-electron chi connectivity index (χ3n) is 3.67. The summed E-state index contributed by atoms with van der Waals surface area (Å²) in [5.74, 6) is 0. The van der Waals surface area contributed by atoms with Crippen LogP contribution in [-0.4, -0.2) is 29.6 Å². The lowest BCUT2D eigenvalue weighted by atomic mass is 9.91. The molecule has 0 aromatic rings. The molecule has 0 saturated carbocycles. The van der Waals surface area contributed by atoms with Gasteiger partial charge in [0.25, 0.3) is 0 Å². The molecule has 1 unspecified atom stereocenters. The molecule has 98 valence electrons. The van der Waals surface area contributed by atoms with Crippen LogP contribution in [0.5, 0.6) is 0 Å². The van der Waals surface area contributed by atoms with Gasteiger partial charge >= 0.3 is 0 Å². The molecule has 1 atom stereocenters. The Morgan fingerprint density at radius 3 is 2.12 bits per heavy atom. The highest BCUT2D eigenvalue weighted by Gasteiger charge is 2.30. The minimum Gasteiger partial charge on any atom is -0.329 e. The number of likely N-dealkylation sites (N-methyl/N-ethyl adjacent to an activating group) is 1. The van der Waals surface area contributed by atoms with Crippen LogP contribution in [0.3, 0.4) is 0 Å². The van der Waals surface area contributed by atoms with Gasteiger partial charge in [0.05, 0.1) is 0 Å². The second kappa shape index (κ2) is 8.08. The average Bonchev–Trinajstić information content (AvgIpc) is 2.25. The van der Waals surface area contributed by atoms with Gasteiger partial charge < -0.3 is 5.73 Å². The smallest absolute Gasteiger partial charge is 0.0306 e. The van der Waals surface area contributed by atoms with Crippen LogP contribution >= 0.6 is 0 Å². The molecular weight excluding hydrogens is 196 g/mol. The van der Waals surface area contributed by atoms with Crippen LogP contribution in [0.1, 0.15) is 66.7 Å². The van der Waals surface area contributed by atoms with Crippen molar-refractivity contribution in [1.29, 1.82) is 0 Å². The SMILES string of the molecule is CCCCCCC(C)(CN)N(CC)C(C)C. The molecule has 0 radical (unpaired) electrons. The molecule has 2 N–H and O–H groups in total. The van der Waals surface area contributed by atoms with Gasteiger partial charge in [-0.1, -0.05) is 39.5 Å². The first kappa shape index (κ1) is 15.9. The van der Waals surface area contributed by atoms with Crippen molar-refractivity contribution in [3.63, 3.8) is 0 Å². The zero-order valence-corrected chi connectivity index (χ0v) is 12.1. The van der Waals surface area contributed by atoms with Crippen molar-refractivity contribution in [2.24, 2.45) is 5.73 Å². The Bertz CT molecular complexity index is 168. The molecule has 0 aliphatic carbocycles. The number of unbranched alkanes of at least 4 members (excludes halogenated alkanes) is 3. The van der Waals surface area contributed by atoms with Crippen LogP contribution in [-0.2, 0) is 0 Å². The maximum Gasteiger partial charge on any atom is 0.0306 e. The molecule has 16 heavy (non-hydrogen) atoms. The fourth-order valence-electron chi connectivity index (χ4n) is 2.67. The van der Waals surface area contributed by atoms with Crippen LogP contribution in [0.15, 0.2) is 0 Å². The molecule has 0 aliphatic rings. The number of nitrogens with two attached hydrogens (primary N) is 1. The van der Waals surface area contributed by atoms with E-state index in [1.807, 2.05) is 0 Å². The molecule has 0 fully saturated rings. The Morgan fingerprint density at radius 2 is 1.75 bits per heavy atom. The highest BCUT2D eigenvalue weighted by molar-refractivity contribution is 4.88. The first-order chi connectivity index (χ1) is 7.51. The average molecular weight is 228 g/mol. The van der Waals surface area contributed by atoms with E-state index in [0.29, 0.717) is 6.04 Å². The number of hydrogen-bond acceptors (Lipinski definition) is 2. The van der Waals surface area contributed by atoms with Gasteiger partial charge in [-0.15, -0.1) is 0 Å². The van der Waals surface area contributed by atoms with E-state index in [2.05, 4.69) is 39.5 Å². The molecular formula is C14H32N2. The lowest BCUT2D eigenvalue weighted by Gasteiger charge is -2.43. The lowest BCUT2D eigenvalue weighted by Crippen LogP contribution is -2.54. The van der Waals surface area contributed by atoms with Gasteiger partial charge in [-0.3, -0.25) is 4.90 Å². The fraction of sp³-hybridized carbons (Fsp3) is 1.00. The standard InChI is InChI=1S/C14H32N2/c1-6-8-9-10-11-14(5,12-15)16(7-2)13(3)4/h13H,6-12,15H2,1-5H3. The molecule has 0 aromatic carbocycles. The predicted molar refractivity (Wildman–Crippen MR) is 73.7 cm³/mol. The van der Waals surface area contributed by atoms with E-state index in [4.69, 9.17) is 5.73 Å². The summed E-state index contributed by atoms with van der Waals surface area (Å²) in [6.07, 6.45) is 6.55. The summed E-state index contributed by atoms with van der Waals surface area (Å²) in [5.41, 5.74) is 6.19. The minimum absolute atomic E-state index is 0.191. The van der Waals surface area contributed by atoms with Gasteiger partial charge in [-0.05, 0) is 33.7 Å². The minimum atomic E-state index is 0.191. The van der Waals surface area contributed by atoms with Crippen molar-refractivity contribution in [1.82, 2.24) is 4.90 Å². The molecule has 0 rings (SSSR count). The second-order valence-electron chi connectivity index (χ2n) is 5.39. The molecule has 0 spiro atoms. The van der Waals surface area contributed by atoms with Gasteiger partial charge in [0.1, 0.15) is 0 Å². The molecule has 0 aromatic heterocycles. The number of nitrogens with zero attached hydrogens (tertiary/aromatic N) is 1. The van der Waals surface area contributed by atoms with Crippen LogP contribution in [0.25, 0.3) is 0 Å². The largest absolute Gasteiger partial charge is 0.329 e. The summed E-state index contributed by atoms with van der Waals surface area (Å²) in [6.45, 7) is 13.2. The topological polar surface area (TPSA) is 29.3 Å². The molecule has 0 aliphatic heterocycles. The van der Waals surface area contributed by atoms with Crippen LogP contribution in [0.2, 0.25) is 0 Å². The second-order valence-corrected chi connectivity index (χ2v) is 5.39.